The van der Waals surface area contributed by atoms with E-state index in [-0.39, 0.29) is 5.92 Å². The SMILES string of the molecule is N#CC1CS(=O)C1. The number of rotatable bonds is 0. The molecule has 1 rings (SSSR count). The minimum atomic E-state index is -0.644. The molecule has 0 atom stereocenters. The molecule has 3 heteroatoms. The zero-order valence-corrected chi connectivity index (χ0v) is 4.57. The predicted octanol–water partition coefficient (Wildman–Crippen LogP) is -0.112. The summed E-state index contributed by atoms with van der Waals surface area (Å²) in [6.07, 6.45) is 0. The summed E-state index contributed by atoms with van der Waals surface area (Å²) in [5.74, 6) is 1.31. The van der Waals surface area contributed by atoms with Crippen molar-refractivity contribution in [3.8, 4) is 6.07 Å². The fourth-order valence-electron chi connectivity index (χ4n) is 0.475. The van der Waals surface area contributed by atoms with Crippen molar-refractivity contribution in [3.05, 3.63) is 0 Å². The maximum Gasteiger partial charge on any atom is 0.0693 e. The van der Waals surface area contributed by atoms with Crippen molar-refractivity contribution in [1.82, 2.24) is 0 Å². The summed E-state index contributed by atoms with van der Waals surface area (Å²) in [7, 11) is -0.644. The minimum absolute atomic E-state index is 0.0980. The van der Waals surface area contributed by atoms with Gasteiger partial charge in [-0.1, -0.05) is 0 Å². The zero-order chi connectivity index (χ0) is 5.28. The summed E-state index contributed by atoms with van der Waals surface area (Å²) < 4.78 is 10.2. The van der Waals surface area contributed by atoms with Gasteiger partial charge in [-0.3, -0.25) is 4.21 Å². The van der Waals surface area contributed by atoms with Crippen LogP contribution in [0.15, 0.2) is 0 Å². The Balaban J connectivity index is 2.34. The normalized spacial score (nSPS) is 38.7. The van der Waals surface area contributed by atoms with Crippen LogP contribution in [0.4, 0.5) is 0 Å². The molecular formula is C4H5NOS. The third-order valence-electron chi connectivity index (χ3n) is 0.957. The van der Waals surface area contributed by atoms with E-state index in [1.807, 2.05) is 6.07 Å². The van der Waals surface area contributed by atoms with Gasteiger partial charge in [0.25, 0.3) is 0 Å². The second-order valence-electron chi connectivity index (χ2n) is 1.60. The van der Waals surface area contributed by atoms with E-state index in [9.17, 15) is 4.21 Å². The molecule has 7 heavy (non-hydrogen) atoms. The Kier molecular flexibility index (Phi) is 1.11. The number of hydrogen-bond acceptors (Lipinski definition) is 2. The van der Waals surface area contributed by atoms with Crippen LogP contribution in [-0.4, -0.2) is 15.7 Å². The summed E-state index contributed by atoms with van der Waals surface area (Å²) >= 11 is 0. The van der Waals surface area contributed by atoms with Crippen LogP contribution in [0.2, 0.25) is 0 Å². The monoisotopic (exact) mass is 115 g/mol. The Labute approximate surface area is 44.6 Å². The Bertz CT molecular complexity index is 129. The maximum atomic E-state index is 10.2. The van der Waals surface area contributed by atoms with Gasteiger partial charge < -0.3 is 0 Å². The first-order valence-electron chi connectivity index (χ1n) is 2.07. The second kappa shape index (κ2) is 1.63. The van der Waals surface area contributed by atoms with Crippen molar-refractivity contribution in [1.29, 1.82) is 5.26 Å². The van der Waals surface area contributed by atoms with Gasteiger partial charge >= 0.3 is 0 Å². The van der Waals surface area contributed by atoms with E-state index in [0.29, 0.717) is 11.5 Å². The molecule has 0 bridgehead atoms. The van der Waals surface area contributed by atoms with Gasteiger partial charge in [0.2, 0.25) is 0 Å². The van der Waals surface area contributed by atoms with Crippen LogP contribution < -0.4 is 0 Å². The molecule has 1 saturated heterocycles. The predicted molar refractivity (Wildman–Crippen MR) is 27.0 cm³/mol. The lowest BCUT2D eigenvalue weighted by Gasteiger charge is -2.15. The molecule has 38 valence electrons. The average Bonchev–Trinajstić information content (AvgIpc) is 1.58. The average molecular weight is 115 g/mol. The first kappa shape index (κ1) is 4.79. The van der Waals surface area contributed by atoms with Gasteiger partial charge in [0.05, 0.1) is 12.0 Å². The lowest BCUT2D eigenvalue weighted by molar-refractivity contribution is 0.650. The quantitative estimate of drug-likeness (QED) is 0.442. The molecule has 0 spiro atoms. The van der Waals surface area contributed by atoms with Crippen LogP contribution in [-0.2, 0) is 10.8 Å². The Morgan fingerprint density at radius 2 is 2.29 bits per heavy atom. The molecule has 2 nitrogen and oxygen atoms in total. The summed E-state index contributed by atoms with van der Waals surface area (Å²) in [4.78, 5) is 0. The third-order valence-corrected chi connectivity index (χ3v) is 2.51. The van der Waals surface area contributed by atoms with Gasteiger partial charge in [-0.25, -0.2) is 0 Å². The van der Waals surface area contributed by atoms with Gasteiger partial charge in [-0.05, 0) is 0 Å². The summed E-state index contributed by atoms with van der Waals surface area (Å²) in [5, 5.41) is 8.12. The first-order valence-corrected chi connectivity index (χ1v) is 3.56. The van der Waals surface area contributed by atoms with Crippen molar-refractivity contribution in [2.24, 2.45) is 5.92 Å². The van der Waals surface area contributed by atoms with Crippen molar-refractivity contribution in [2.45, 2.75) is 0 Å². The van der Waals surface area contributed by atoms with Crippen LogP contribution >= 0.6 is 0 Å². The van der Waals surface area contributed by atoms with Crippen molar-refractivity contribution in [3.63, 3.8) is 0 Å². The minimum Gasteiger partial charge on any atom is -0.259 e. The smallest absolute Gasteiger partial charge is 0.0693 e. The Hall–Kier alpha value is -0.360. The summed E-state index contributed by atoms with van der Waals surface area (Å²) in [6.45, 7) is 0. The number of nitriles is 1. The van der Waals surface area contributed by atoms with E-state index < -0.39 is 10.8 Å². The number of nitrogens with zero attached hydrogens (tertiary/aromatic N) is 1. The summed E-state index contributed by atoms with van der Waals surface area (Å²) in [5.41, 5.74) is 0. The van der Waals surface area contributed by atoms with Crippen molar-refractivity contribution >= 4 is 10.8 Å². The van der Waals surface area contributed by atoms with E-state index in [1.165, 1.54) is 0 Å². The topological polar surface area (TPSA) is 40.9 Å². The lowest BCUT2D eigenvalue weighted by atomic mass is 10.2. The third kappa shape index (κ3) is 0.804. The van der Waals surface area contributed by atoms with Crippen LogP contribution in [0.1, 0.15) is 0 Å². The van der Waals surface area contributed by atoms with E-state index in [4.69, 9.17) is 5.26 Å². The second-order valence-corrected chi connectivity index (χ2v) is 3.15. The Morgan fingerprint density at radius 1 is 1.71 bits per heavy atom. The molecule has 0 radical (unpaired) electrons. The first-order chi connectivity index (χ1) is 3.33. The Morgan fingerprint density at radius 3 is 2.43 bits per heavy atom. The molecule has 0 aromatic rings. The van der Waals surface area contributed by atoms with E-state index in [0.717, 1.165) is 0 Å². The highest BCUT2D eigenvalue weighted by molar-refractivity contribution is 7.86. The molecule has 0 N–H and O–H groups in total. The van der Waals surface area contributed by atoms with Gasteiger partial charge in [-0.15, -0.1) is 0 Å². The fraction of sp³-hybridized carbons (Fsp3) is 0.750. The fourth-order valence-corrected chi connectivity index (χ4v) is 1.42. The molecule has 0 aliphatic carbocycles. The van der Waals surface area contributed by atoms with Crippen molar-refractivity contribution < 1.29 is 4.21 Å². The zero-order valence-electron chi connectivity index (χ0n) is 3.76. The molecule has 0 amide bonds. The molecule has 0 saturated carbocycles. The van der Waals surface area contributed by atoms with Gasteiger partial charge in [0, 0.05) is 22.3 Å². The largest absolute Gasteiger partial charge is 0.259 e. The van der Waals surface area contributed by atoms with Gasteiger partial charge in [0.1, 0.15) is 0 Å². The molecule has 0 aromatic carbocycles. The highest BCUT2D eigenvalue weighted by Gasteiger charge is 2.24. The van der Waals surface area contributed by atoms with Crippen LogP contribution in [0.25, 0.3) is 0 Å². The molecule has 0 unspecified atom stereocenters. The molecule has 1 heterocycles. The summed E-state index contributed by atoms with van der Waals surface area (Å²) in [6, 6.07) is 2.04. The molecular weight excluding hydrogens is 110 g/mol. The molecule has 1 aliphatic heterocycles. The number of hydrogen-bond donors (Lipinski definition) is 0. The lowest BCUT2D eigenvalue weighted by Crippen LogP contribution is -2.29. The van der Waals surface area contributed by atoms with E-state index in [1.54, 1.807) is 0 Å². The van der Waals surface area contributed by atoms with Gasteiger partial charge in [0.15, 0.2) is 0 Å². The molecule has 1 fully saturated rings. The standard InChI is InChI=1S/C4H5NOS/c5-1-4-2-7(6)3-4/h4H,2-3H2. The molecule has 0 aromatic heterocycles. The maximum absolute atomic E-state index is 10.2. The highest BCUT2D eigenvalue weighted by Crippen LogP contribution is 2.11. The van der Waals surface area contributed by atoms with Crippen LogP contribution in [0.5, 0.6) is 0 Å². The van der Waals surface area contributed by atoms with Gasteiger partial charge in [-0.2, -0.15) is 5.26 Å². The van der Waals surface area contributed by atoms with Crippen molar-refractivity contribution in [2.75, 3.05) is 11.5 Å². The van der Waals surface area contributed by atoms with Crippen LogP contribution in [0, 0.1) is 17.2 Å². The van der Waals surface area contributed by atoms with E-state index >= 15 is 0 Å². The molecule has 1 aliphatic rings. The van der Waals surface area contributed by atoms with E-state index in [2.05, 4.69) is 0 Å². The highest BCUT2D eigenvalue weighted by atomic mass is 32.2. The van der Waals surface area contributed by atoms with Crippen LogP contribution in [0.3, 0.4) is 0 Å².